The molecule has 3 heteroatoms. The van der Waals surface area contributed by atoms with Gasteiger partial charge in [-0.05, 0) is 49.3 Å². The highest BCUT2D eigenvalue weighted by Crippen LogP contribution is 2.21. The highest BCUT2D eigenvalue weighted by Gasteiger charge is 2.16. The summed E-state index contributed by atoms with van der Waals surface area (Å²) in [6.45, 7) is 3.93. The number of aromatic nitrogens is 1. The van der Waals surface area contributed by atoms with E-state index in [4.69, 9.17) is 10.5 Å². The molecular formula is C16H22N2O. The Bertz CT molecular complexity index is 553. The Morgan fingerprint density at radius 1 is 1.42 bits per heavy atom. The van der Waals surface area contributed by atoms with Crippen LogP contribution in [0.5, 0.6) is 0 Å². The molecule has 0 bridgehead atoms. The van der Waals surface area contributed by atoms with Crippen molar-refractivity contribution in [2.24, 2.45) is 5.73 Å². The van der Waals surface area contributed by atoms with Crippen LogP contribution in [0.25, 0.3) is 10.9 Å². The molecule has 2 N–H and O–H groups in total. The van der Waals surface area contributed by atoms with Crippen molar-refractivity contribution in [1.82, 2.24) is 4.57 Å². The van der Waals surface area contributed by atoms with Crippen molar-refractivity contribution in [1.29, 1.82) is 0 Å². The highest BCUT2D eigenvalue weighted by molar-refractivity contribution is 5.80. The summed E-state index contributed by atoms with van der Waals surface area (Å²) in [5.41, 5.74) is 8.50. The van der Waals surface area contributed by atoms with Crippen LogP contribution >= 0.6 is 0 Å². The number of fused-ring (bicyclic) bond motifs is 1. The van der Waals surface area contributed by atoms with E-state index in [-0.39, 0.29) is 6.04 Å². The van der Waals surface area contributed by atoms with Crippen molar-refractivity contribution >= 4 is 10.9 Å². The first kappa shape index (κ1) is 12.7. The van der Waals surface area contributed by atoms with Gasteiger partial charge in [-0.15, -0.1) is 0 Å². The third-order valence-electron chi connectivity index (χ3n) is 3.82. The Morgan fingerprint density at radius 3 is 3.05 bits per heavy atom. The lowest BCUT2D eigenvalue weighted by Crippen LogP contribution is -2.18. The van der Waals surface area contributed by atoms with Gasteiger partial charge in [-0.3, -0.25) is 0 Å². The van der Waals surface area contributed by atoms with Crippen LogP contribution in [0.3, 0.4) is 0 Å². The molecule has 0 radical (unpaired) electrons. The Kier molecular flexibility index (Phi) is 3.58. The van der Waals surface area contributed by atoms with Gasteiger partial charge in [-0.1, -0.05) is 12.1 Å². The SMILES string of the molecule is CC(N)Cc1ccc2ccn(CC3CCCO3)c2c1. The van der Waals surface area contributed by atoms with Crippen LogP contribution in [0, 0.1) is 0 Å². The maximum Gasteiger partial charge on any atom is 0.0754 e. The van der Waals surface area contributed by atoms with E-state index in [9.17, 15) is 0 Å². The normalized spacial score (nSPS) is 21.1. The summed E-state index contributed by atoms with van der Waals surface area (Å²) in [6.07, 6.45) is 5.86. The topological polar surface area (TPSA) is 40.2 Å². The average molecular weight is 258 g/mol. The van der Waals surface area contributed by atoms with Crippen molar-refractivity contribution in [2.75, 3.05) is 6.61 Å². The van der Waals surface area contributed by atoms with Crippen LogP contribution in [0.4, 0.5) is 0 Å². The molecule has 0 aliphatic carbocycles. The number of nitrogens with zero attached hydrogens (tertiary/aromatic N) is 1. The summed E-state index contributed by atoms with van der Waals surface area (Å²) in [6, 6.07) is 9.04. The number of rotatable bonds is 4. The van der Waals surface area contributed by atoms with E-state index in [0.717, 1.165) is 19.6 Å². The Morgan fingerprint density at radius 2 is 2.32 bits per heavy atom. The minimum absolute atomic E-state index is 0.207. The molecule has 102 valence electrons. The third-order valence-corrected chi connectivity index (χ3v) is 3.82. The second-order valence-corrected chi connectivity index (χ2v) is 5.68. The molecule has 2 aromatic rings. The van der Waals surface area contributed by atoms with Gasteiger partial charge >= 0.3 is 0 Å². The number of benzene rings is 1. The summed E-state index contributed by atoms with van der Waals surface area (Å²) in [5.74, 6) is 0. The van der Waals surface area contributed by atoms with E-state index >= 15 is 0 Å². The summed E-state index contributed by atoms with van der Waals surface area (Å²) < 4.78 is 8.04. The van der Waals surface area contributed by atoms with Crippen LogP contribution in [0.2, 0.25) is 0 Å². The summed E-state index contributed by atoms with van der Waals surface area (Å²) >= 11 is 0. The third kappa shape index (κ3) is 2.82. The summed E-state index contributed by atoms with van der Waals surface area (Å²) in [5, 5.41) is 1.30. The van der Waals surface area contributed by atoms with Gasteiger partial charge in [0, 0.05) is 30.9 Å². The Balaban J connectivity index is 1.86. The van der Waals surface area contributed by atoms with E-state index in [0.29, 0.717) is 6.10 Å². The summed E-state index contributed by atoms with van der Waals surface area (Å²) in [4.78, 5) is 0. The molecule has 0 saturated carbocycles. The standard InChI is InChI=1S/C16H22N2O/c1-12(17)9-13-4-5-14-6-7-18(16(14)10-13)11-15-3-2-8-19-15/h4-7,10,12,15H,2-3,8-9,11,17H2,1H3. The van der Waals surface area contributed by atoms with Crippen LogP contribution in [0.1, 0.15) is 25.3 Å². The van der Waals surface area contributed by atoms with Gasteiger partial charge < -0.3 is 15.0 Å². The van der Waals surface area contributed by atoms with Crippen molar-refractivity contribution in [3.05, 3.63) is 36.0 Å². The van der Waals surface area contributed by atoms with Crippen molar-refractivity contribution in [3.8, 4) is 0 Å². The monoisotopic (exact) mass is 258 g/mol. The Labute approximate surface area is 114 Å². The van der Waals surface area contributed by atoms with Gasteiger partial charge in [0.2, 0.25) is 0 Å². The van der Waals surface area contributed by atoms with Crippen molar-refractivity contribution < 1.29 is 4.74 Å². The molecule has 0 spiro atoms. The molecular weight excluding hydrogens is 236 g/mol. The maximum atomic E-state index is 5.89. The van der Waals surface area contributed by atoms with Gasteiger partial charge in [0.1, 0.15) is 0 Å². The van der Waals surface area contributed by atoms with Crippen molar-refractivity contribution in [2.45, 2.75) is 44.9 Å². The number of hydrogen-bond acceptors (Lipinski definition) is 2. The van der Waals surface area contributed by atoms with Crippen LogP contribution in [-0.2, 0) is 17.7 Å². The Hall–Kier alpha value is -1.32. The second kappa shape index (κ2) is 5.35. The van der Waals surface area contributed by atoms with E-state index < -0.39 is 0 Å². The maximum absolute atomic E-state index is 5.89. The minimum Gasteiger partial charge on any atom is -0.376 e. The van der Waals surface area contributed by atoms with Crippen LogP contribution < -0.4 is 5.73 Å². The molecule has 1 saturated heterocycles. The molecule has 1 aliphatic heterocycles. The lowest BCUT2D eigenvalue weighted by atomic mass is 10.1. The quantitative estimate of drug-likeness (QED) is 0.916. The molecule has 0 amide bonds. The molecule has 3 nitrogen and oxygen atoms in total. The molecule has 1 aromatic heterocycles. The molecule has 3 rings (SSSR count). The fraction of sp³-hybridized carbons (Fsp3) is 0.500. The first-order chi connectivity index (χ1) is 9.22. The van der Waals surface area contributed by atoms with E-state index in [2.05, 4.69) is 42.0 Å². The van der Waals surface area contributed by atoms with Gasteiger partial charge in [0.25, 0.3) is 0 Å². The van der Waals surface area contributed by atoms with Gasteiger partial charge in [0.15, 0.2) is 0 Å². The van der Waals surface area contributed by atoms with E-state index in [1.165, 1.54) is 29.3 Å². The van der Waals surface area contributed by atoms with Gasteiger partial charge in [0.05, 0.1) is 6.10 Å². The molecule has 1 fully saturated rings. The van der Waals surface area contributed by atoms with Crippen LogP contribution in [0.15, 0.2) is 30.5 Å². The summed E-state index contributed by atoms with van der Waals surface area (Å²) in [7, 11) is 0. The zero-order chi connectivity index (χ0) is 13.2. The first-order valence-corrected chi connectivity index (χ1v) is 7.17. The van der Waals surface area contributed by atoms with Gasteiger partial charge in [-0.2, -0.15) is 0 Å². The first-order valence-electron chi connectivity index (χ1n) is 7.17. The molecule has 1 aliphatic rings. The lowest BCUT2D eigenvalue weighted by Gasteiger charge is -2.12. The molecule has 2 atom stereocenters. The molecule has 2 heterocycles. The predicted molar refractivity (Wildman–Crippen MR) is 78.3 cm³/mol. The highest BCUT2D eigenvalue weighted by atomic mass is 16.5. The van der Waals surface area contributed by atoms with Crippen molar-refractivity contribution in [3.63, 3.8) is 0 Å². The zero-order valence-electron chi connectivity index (χ0n) is 11.5. The van der Waals surface area contributed by atoms with E-state index in [1.807, 2.05) is 0 Å². The van der Waals surface area contributed by atoms with Gasteiger partial charge in [-0.25, -0.2) is 0 Å². The fourth-order valence-corrected chi connectivity index (χ4v) is 2.90. The van der Waals surface area contributed by atoms with Crippen LogP contribution in [-0.4, -0.2) is 23.3 Å². The lowest BCUT2D eigenvalue weighted by molar-refractivity contribution is 0.0980. The number of nitrogens with two attached hydrogens (primary N) is 1. The minimum atomic E-state index is 0.207. The zero-order valence-corrected chi connectivity index (χ0v) is 11.5. The number of hydrogen-bond donors (Lipinski definition) is 1. The fourth-order valence-electron chi connectivity index (χ4n) is 2.90. The number of ether oxygens (including phenoxy) is 1. The predicted octanol–water partition coefficient (Wildman–Crippen LogP) is 2.71. The molecule has 1 aromatic carbocycles. The average Bonchev–Trinajstić information content (AvgIpc) is 3.00. The smallest absolute Gasteiger partial charge is 0.0754 e. The largest absolute Gasteiger partial charge is 0.376 e. The second-order valence-electron chi connectivity index (χ2n) is 5.68. The molecule has 2 unspecified atom stereocenters. The molecule has 19 heavy (non-hydrogen) atoms. The van der Waals surface area contributed by atoms with E-state index in [1.54, 1.807) is 0 Å².